The molecule has 4 aromatic heterocycles. The molecule has 0 spiro atoms. The van der Waals surface area contributed by atoms with Gasteiger partial charge in [-0.05, 0) is 56.9 Å². The molecule has 8 heteroatoms. The molecule has 0 bridgehead atoms. The Kier molecular flexibility index (Phi) is 4.05. The van der Waals surface area contributed by atoms with E-state index in [4.69, 9.17) is 10.2 Å². The maximum Gasteiger partial charge on any atom is 0.281 e. The van der Waals surface area contributed by atoms with Crippen LogP contribution in [0.4, 0.5) is 0 Å². The summed E-state index contributed by atoms with van der Waals surface area (Å²) in [6, 6.07) is 9.64. The summed E-state index contributed by atoms with van der Waals surface area (Å²) in [5.74, 6) is 0.622. The molecule has 5 aromatic rings. The van der Waals surface area contributed by atoms with Crippen LogP contribution in [0.25, 0.3) is 38.8 Å². The van der Waals surface area contributed by atoms with E-state index >= 15 is 0 Å². The van der Waals surface area contributed by atoms with Gasteiger partial charge in [0.15, 0.2) is 0 Å². The van der Waals surface area contributed by atoms with E-state index in [2.05, 4.69) is 10.1 Å². The van der Waals surface area contributed by atoms with Gasteiger partial charge in [0.25, 0.3) is 5.56 Å². The predicted molar refractivity (Wildman–Crippen MR) is 123 cm³/mol. The van der Waals surface area contributed by atoms with Crippen molar-refractivity contribution in [3.05, 3.63) is 64.5 Å². The Labute approximate surface area is 184 Å². The first kappa shape index (κ1) is 18.9. The summed E-state index contributed by atoms with van der Waals surface area (Å²) in [6.45, 7) is 4.70. The van der Waals surface area contributed by atoms with Gasteiger partial charge in [-0.3, -0.25) is 19.1 Å². The summed E-state index contributed by atoms with van der Waals surface area (Å²) in [7, 11) is 1.89. The highest BCUT2D eigenvalue weighted by atomic mass is 16.1. The summed E-state index contributed by atoms with van der Waals surface area (Å²) in [6.07, 6.45) is 6.12. The molecule has 0 amide bonds. The molecule has 1 fully saturated rings. The first-order valence-electron chi connectivity index (χ1n) is 10.9. The fourth-order valence-corrected chi connectivity index (χ4v) is 4.29. The van der Waals surface area contributed by atoms with E-state index in [1.807, 2.05) is 62.1 Å². The van der Waals surface area contributed by atoms with Gasteiger partial charge in [-0.2, -0.15) is 20.0 Å². The molecule has 0 saturated heterocycles. The Bertz CT molecular complexity index is 1550. The fourth-order valence-electron chi connectivity index (χ4n) is 4.29. The number of hydrogen-bond acceptors (Lipinski definition) is 5. The largest absolute Gasteiger partial charge is 0.281 e. The number of benzene rings is 1. The second-order valence-electron chi connectivity index (χ2n) is 8.73. The first-order chi connectivity index (χ1) is 15.5. The lowest BCUT2D eigenvalue weighted by Gasteiger charge is -2.11. The number of pyridine rings is 1. The fraction of sp³-hybridized carbons (Fsp3) is 0.292. The summed E-state index contributed by atoms with van der Waals surface area (Å²) in [5, 5.41) is 14.9. The molecular weight excluding hydrogens is 402 g/mol. The summed E-state index contributed by atoms with van der Waals surface area (Å²) in [5.41, 5.74) is 6.03. The van der Waals surface area contributed by atoms with Crippen molar-refractivity contribution in [1.82, 2.24) is 34.3 Å². The summed E-state index contributed by atoms with van der Waals surface area (Å²) < 4.78 is 5.23. The zero-order valence-corrected chi connectivity index (χ0v) is 18.3. The molecule has 0 radical (unpaired) electrons. The maximum atomic E-state index is 13.9. The smallest absolute Gasteiger partial charge is 0.275 e. The highest BCUT2D eigenvalue weighted by Crippen LogP contribution is 2.34. The zero-order chi connectivity index (χ0) is 22.0. The number of hydrogen-bond donors (Lipinski definition) is 0. The van der Waals surface area contributed by atoms with Crippen LogP contribution in [-0.4, -0.2) is 34.3 Å². The lowest BCUT2D eigenvalue weighted by atomic mass is 10.1. The molecule has 0 unspecified atom stereocenters. The molecule has 1 aliphatic rings. The van der Waals surface area contributed by atoms with Crippen LogP contribution >= 0.6 is 0 Å². The second-order valence-corrected chi connectivity index (χ2v) is 8.73. The van der Waals surface area contributed by atoms with Crippen LogP contribution < -0.4 is 5.56 Å². The van der Waals surface area contributed by atoms with Crippen LogP contribution in [0.15, 0.2) is 47.5 Å². The highest BCUT2D eigenvalue weighted by molar-refractivity contribution is 5.92. The minimum atomic E-state index is -0.177. The van der Waals surface area contributed by atoms with Crippen molar-refractivity contribution >= 4 is 21.9 Å². The van der Waals surface area contributed by atoms with Crippen molar-refractivity contribution in [2.45, 2.75) is 33.2 Å². The van der Waals surface area contributed by atoms with E-state index in [1.54, 1.807) is 10.9 Å². The van der Waals surface area contributed by atoms with E-state index < -0.39 is 0 Å². The lowest BCUT2D eigenvalue weighted by Crippen LogP contribution is -2.24. The first-order valence-corrected chi connectivity index (χ1v) is 10.9. The Balaban J connectivity index is 1.66. The molecule has 32 heavy (non-hydrogen) atoms. The number of rotatable bonds is 4. The van der Waals surface area contributed by atoms with E-state index in [0.717, 1.165) is 45.4 Å². The third-order valence-electron chi connectivity index (χ3n) is 6.11. The Morgan fingerprint density at radius 2 is 1.91 bits per heavy atom. The summed E-state index contributed by atoms with van der Waals surface area (Å²) in [4.78, 5) is 18.3. The third-order valence-corrected chi connectivity index (χ3v) is 6.11. The minimum absolute atomic E-state index is 0.177. The van der Waals surface area contributed by atoms with Gasteiger partial charge in [-0.1, -0.05) is 6.07 Å². The van der Waals surface area contributed by atoms with E-state index in [0.29, 0.717) is 17.2 Å². The average Bonchev–Trinajstić information content (AvgIpc) is 3.43. The van der Waals surface area contributed by atoms with Crippen LogP contribution in [0.1, 0.15) is 24.2 Å². The normalized spacial score (nSPS) is 14.0. The SMILES string of the molecule is Cc1ccc(-c2c(=O)n(-c3ccc4nn(C)cc4c3)nc3c(C)nn(CC4CC4)c23)cn1. The minimum Gasteiger partial charge on any atom is -0.275 e. The predicted octanol–water partition coefficient (Wildman–Crippen LogP) is 3.56. The molecule has 160 valence electrons. The van der Waals surface area contributed by atoms with Gasteiger partial charge in [-0.25, -0.2) is 0 Å². The highest BCUT2D eigenvalue weighted by Gasteiger charge is 2.27. The van der Waals surface area contributed by atoms with Gasteiger partial charge < -0.3 is 0 Å². The standard InChI is InChI=1S/C24H23N7O/c1-14-4-7-17(11-25-14)21-23-22(15(2)26-30(23)12-16-5-6-16)28-31(24(21)32)19-8-9-20-18(10-19)13-29(3)27-20/h4,7-11,13,16H,5-6,12H2,1-3H3. The zero-order valence-electron chi connectivity index (χ0n) is 18.3. The Morgan fingerprint density at radius 1 is 1.06 bits per heavy atom. The average molecular weight is 425 g/mol. The molecule has 0 aliphatic heterocycles. The monoisotopic (exact) mass is 425 g/mol. The van der Waals surface area contributed by atoms with Crippen molar-refractivity contribution in [1.29, 1.82) is 0 Å². The topological polar surface area (TPSA) is 83.4 Å². The molecule has 8 nitrogen and oxygen atoms in total. The van der Waals surface area contributed by atoms with Gasteiger partial charge in [0, 0.05) is 42.6 Å². The molecule has 1 aliphatic carbocycles. The molecule has 0 atom stereocenters. The van der Waals surface area contributed by atoms with E-state index in [-0.39, 0.29) is 5.56 Å². The molecular formula is C24H23N7O. The van der Waals surface area contributed by atoms with Gasteiger partial charge in [0.2, 0.25) is 0 Å². The van der Waals surface area contributed by atoms with Gasteiger partial charge >= 0.3 is 0 Å². The van der Waals surface area contributed by atoms with Crippen molar-refractivity contribution < 1.29 is 0 Å². The van der Waals surface area contributed by atoms with Gasteiger partial charge in [0.05, 0.1) is 22.5 Å². The van der Waals surface area contributed by atoms with Crippen LogP contribution in [0.5, 0.6) is 0 Å². The molecule has 1 saturated carbocycles. The van der Waals surface area contributed by atoms with E-state index in [1.165, 1.54) is 17.5 Å². The Morgan fingerprint density at radius 3 is 2.66 bits per heavy atom. The van der Waals surface area contributed by atoms with Crippen molar-refractivity contribution in [2.75, 3.05) is 0 Å². The molecule has 4 heterocycles. The van der Waals surface area contributed by atoms with Crippen molar-refractivity contribution in [3.8, 4) is 16.8 Å². The van der Waals surface area contributed by atoms with Crippen LogP contribution in [-0.2, 0) is 13.6 Å². The van der Waals surface area contributed by atoms with Crippen LogP contribution in [0, 0.1) is 19.8 Å². The van der Waals surface area contributed by atoms with Crippen LogP contribution in [0.2, 0.25) is 0 Å². The van der Waals surface area contributed by atoms with Crippen molar-refractivity contribution in [3.63, 3.8) is 0 Å². The van der Waals surface area contributed by atoms with E-state index in [9.17, 15) is 4.79 Å². The van der Waals surface area contributed by atoms with Crippen LogP contribution in [0.3, 0.4) is 0 Å². The van der Waals surface area contributed by atoms with Gasteiger partial charge in [0.1, 0.15) is 11.0 Å². The quantitative estimate of drug-likeness (QED) is 0.440. The van der Waals surface area contributed by atoms with Crippen molar-refractivity contribution in [2.24, 2.45) is 13.0 Å². The number of fused-ring (bicyclic) bond motifs is 2. The number of aromatic nitrogens is 7. The molecule has 6 rings (SSSR count). The maximum absolute atomic E-state index is 13.9. The molecule has 1 aromatic carbocycles. The van der Waals surface area contributed by atoms with Gasteiger partial charge in [-0.15, -0.1) is 0 Å². The molecule has 0 N–H and O–H groups in total. The Hall–Kier alpha value is -3.81. The third kappa shape index (κ3) is 3.02. The number of nitrogens with zero attached hydrogens (tertiary/aromatic N) is 7. The second kappa shape index (κ2) is 6.85. The lowest BCUT2D eigenvalue weighted by molar-refractivity contribution is 0.576. The number of aryl methyl sites for hydroxylation is 3. The summed E-state index contributed by atoms with van der Waals surface area (Å²) >= 11 is 0.